The van der Waals surface area contributed by atoms with Gasteiger partial charge in [0.2, 0.25) is 11.8 Å². The topological polar surface area (TPSA) is 129 Å². The van der Waals surface area contributed by atoms with E-state index < -0.39 is 52.8 Å². The van der Waals surface area contributed by atoms with Crippen LogP contribution in [0.4, 0.5) is 0 Å². The van der Waals surface area contributed by atoms with Gasteiger partial charge < -0.3 is 10.2 Å². The molecule has 3 aromatic carbocycles. The van der Waals surface area contributed by atoms with Crippen molar-refractivity contribution in [3.63, 3.8) is 0 Å². The van der Waals surface area contributed by atoms with Crippen LogP contribution in [0.15, 0.2) is 96.6 Å². The molecule has 4 aliphatic rings. The molecule has 0 radical (unpaired) electrons. The number of allylic oxidation sites excluding steroid dienone is 4. The van der Waals surface area contributed by atoms with E-state index in [0.717, 1.165) is 4.90 Å². The number of aromatic hydroxyl groups is 1. The smallest absolute Gasteiger partial charge is 0.305 e. The van der Waals surface area contributed by atoms with Crippen molar-refractivity contribution in [3.05, 3.63) is 118 Å². The first-order valence-corrected chi connectivity index (χ1v) is 15.7. The number of ketones is 2. The lowest BCUT2D eigenvalue weighted by molar-refractivity contribution is -0.142. The molecule has 8 nitrogen and oxygen atoms in total. The van der Waals surface area contributed by atoms with Gasteiger partial charge in [-0.05, 0) is 54.2 Å². The Morgan fingerprint density at radius 2 is 1.61 bits per heavy atom. The monoisotopic (exact) mass is 635 g/mol. The van der Waals surface area contributed by atoms with Gasteiger partial charge in [-0.1, -0.05) is 83.9 Å². The molecule has 1 aliphatic heterocycles. The first-order chi connectivity index (χ1) is 22.1. The third kappa shape index (κ3) is 4.38. The van der Waals surface area contributed by atoms with Crippen molar-refractivity contribution in [2.75, 3.05) is 6.54 Å². The Bertz CT molecular complexity index is 1870. The van der Waals surface area contributed by atoms with Gasteiger partial charge in [0.25, 0.3) is 0 Å². The molecule has 2 amide bonds. The van der Waals surface area contributed by atoms with Crippen molar-refractivity contribution >= 4 is 46.5 Å². The quantitative estimate of drug-likeness (QED) is 0.276. The maximum absolute atomic E-state index is 14.9. The molecule has 1 heterocycles. The Morgan fingerprint density at radius 3 is 2.30 bits per heavy atom. The Labute approximate surface area is 270 Å². The Balaban J connectivity index is 1.48. The summed E-state index contributed by atoms with van der Waals surface area (Å²) in [6.07, 6.45) is 3.24. The number of fused-ring (bicyclic) bond motifs is 4. The summed E-state index contributed by atoms with van der Waals surface area (Å²) in [4.78, 5) is 69.6. The molecule has 6 atom stereocenters. The van der Waals surface area contributed by atoms with Crippen LogP contribution < -0.4 is 0 Å². The summed E-state index contributed by atoms with van der Waals surface area (Å²) in [7, 11) is 0. The van der Waals surface area contributed by atoms with Crippen molar-refractivity contribution in [3.8, 4) is 5.75 Å². The van der Waals surface area contributed by atoms with Gasteiger partial charge in [-0.3, -0.25) is 28.9 Å². The van der Waals surface area contributed by atoms with E-state index in [1.165, 1.54) is 12.1 Å². The summed E-state index contributed by atoms with van der Waals surface area (Å²) in [5, 5.41) is 21.0. The Kier molecular flexibility index (Phi) is 7.28. The lowest BCUT2D eigenvalue weighted by Crippen LogP contribution is -2.58. The van der Waals surface area contributed by atoms with E-state index in [0.29, 0.717) is 27.3 Å². The number of hydrogen-bond acceptors (Lipinski definition) is 6. The van der Waals surface area contributed by atoms with Crippen LogP contribution in [0.3, 0.4) is 0 Å². The summed E-state index contributed by atoms with van der Waals surface area (Å²) in [5.41, 5.74) is 1.03. The molecule has 6 unspecified atom stereocenters. The zero-order valence-corrected chi connectivity index (χ0v) is 25.4. The molecule has 3 aliphatic carbocycles. The van der Waals surface area contributed by atoms with Crippen LogP contribution >= 0.6 is 11.6 Å². The first kappa shape index (κ1) is 29.9. The highest BCUT2D eigenvalue weighted by molar-refractivity contribution is 6.32. The average molecular weight is 636 g/mol. The van der Waals surface area contributed by atoms with Crippen molar-refractivity contribution in [2.45, 2.75) is 30.6 Å². The summed E-state index contributed by atoms with van der Waals surface area (Å²) in [6, 6.07) is 22.6. The molecule has 0 spiro atoms. The molecule has 232 valence electrons. The van der Waals surface area contributed by atoms with E-state index in [9.17, 15) is 34.2 Å². The number of nitrogens with zero attached hydrogens (tertiary/aromatic N) is 1. The highest BCUT2D eigenvalue weighted by Crippen LogP contribution is 2.64. The van der Waals surface area contributed by atoms with Gasteiger partial charge in [0.15, 0.2) is 11.6 Å². The number of phenolic OH excluding ortho intramolecular Hbond substituents is 1. The number of carbonyl (C=O) groups is 5. The molecule has 1 saturated carbocycles. The molecule has 2 fully saturated rings. The fraction of sp³-hybridized carbons (Fsp3) is 0.270. The number of benzene rings is 3. The van der Waals surface area contributed by atoms with Crippen molar-refractivity contribution in [1.29, 1.82) is 0 Å². The third-order valence-electron chi connectivity index (χ3n) is 10.3. The largest absolute Gasteiger partial charge is 0.508 e. The number of carbonyl (C=O) groups excluding carboxylic acids is 4. The number of aliphatic carboxylic acids is 1. The van der Waals surface area contributed by atoms with Crippen LogP contribution in [0.5, 0.6) is 5.75 Å². The second-order valence-corrected chi connectivity index (χ2v) is 12.9. The number of carboxylic acid groups (broad SMARTS) is 1. The predicted molar refractivity (Wildman–Crippen MR) is 169 cm³/mol. The van der Waals surface area contributed by atoms with E-state index in [1.807, 2.05) is 30.3 Å². The number of amides is 2. The molecular weight excluding hydrogens is 606 g/mol. The van der Waals surface area contributed by atoms with E-state index >= 15 is 0 Å². The second-order valence-electron chi connectivity index (χ2n) is 12.5. The molecule has 1 saturated heterocycles. The van der Waals surface area contributed by atoms with Crippen LogP contribution in [0, 0.1) is 23.7 Å². The van der Waals surface area contributed by atoms with E-state index in [4.69, 9.17) is 11.6 Å². The van der Waals surface area contributed by atoms with Gasteiger partial charge in [0.1, 0.15) is 5.75 Å². The van der Waals surface area contributed by atoms with Crippen LogP contribution in [-0.2, 0) is 29.4 Å². The van der Waals surface area contributed by atoms with Gasteiger partial charge in [-0.25, -0.2) is 0 Å². The summed E-state index contributed by atoms with van der Waals surface area (Å²) in [5.74, 6) is -6.72. The van der Waals surface area contributed by atoms with Crippen molar-refractivity contribution < 1.29 is 34.2 Å². The highest BCUT2D eigenvalue weighted by Gasteiger charge is 2.66. The fourth-order valence-corrected chi connectivity index (χ4v) is 8.65. The molecule has 7 rings (SSSR count). The third-order valence-corrected chi connectivity index (χ3v) is 10.6. The van der Waals surface area contributed by atoms with Gasteiger partial charge in [0, 0.05) is 34.5 Å². The highest BCUT2D eigenvalue weighted by atomic mass is 35.5. The van der Waals surface area contributed by atoms with Crippen LogP contribution in [0.1, 0.15) is 41.9 Å². The number of carboxylic acids is 1. The SMILES string of the molecule is O=C(O)CCN1C(=O)C2CC=C3C(CC4C(=O)C(c5ccccc5)=CC(=O)C4(c4ccccc4)C3c3cc(Cl)ccc3O)C2C1=O. The van der Waals surface area contributed by atoms with Crippen LogP contribution in [-0.4, -0.2) is 51.0 Å². The Morgan fingerprint density at radius 1 is 0.913 bits per heavy atom. The summed E-state index contributed by atoms with van der Waals surface area (Å²) >= 11 is 6.51. The normalized spacial score (nSPS) is 28.6. The van der Waals surface area contributed by atoms with Crippen molar-refractivity contribution in [1.82, 2.24) is 4.90 Å². The van der Waals surface area contributed by atoms with Gasteiger partial charge in [-0.2, -0.15) is 0 Å². The summed E-state index contributed by atoms with van der Waals surface area (Å²) in [6.45, 7) is -0.240. The lowest BCUT2D eigenvalue weighted by Gasteiger charge is -2.55. The molecule has 0 aromatic heterocycles. The second kappa shape index (κ2) is 11.2. The van der Waals surface area contributed by atoms with E-state index in [2.05, 4.69) is 0 Å². The van der Waals surface area contributed by atoms with E-state index in [-0.39, 0.29) is 48.7 Å². The Hall–Kier alpha value is -4.82. The molecule has 46 heavy (non-hydrogen) atoms. The average Bonchev–Trinajstić information content (AvgIpc) is 3.31. The molecule has 3 aromatic rings. The minimum atomic E-state index is -1.48. The number of rotatable bonds is 6. The molecule has 2 N–H and O–H groups in total. The first-order valence-electron chi connectivity index (χ1n) is 15.3. The number of phenols is 1. The number of hydrogen-bond donors (Lipinski definition) is 2. The zero-order chi connectivity index (χ0) is 32.3. The summed E-state index contributed by atoms with van der Waals surface area (Å²) < 4.78 is 0. The van der Waals surface area contributed by atoms with Crippen LogP contribution in [0.2, 0.25) is 5.02 Å². The minimum Gasteiger partial charge on any atom is -0.508 e. The van der Waals surface area contributed by atoms with Gasteiger partial charge >= 0.3 is 5.97 Å². The van der Waals surface area contributed by atoms with E-state index in [1.54, 1.807) is 48.5 Å². The number of halogens is 1. The molecular formula is C37H30ClNO7. The molecule has 9 heteroatoms. The van der Waals surface area contributed by atoms with Gasteiger partial charge in [0.05, 0.1) is 23.7 Å². The van der Waals surface area contributed by atoms with Crippen molar-refractivity contribution in [2.24, 2.45) is 23.7 Å². The molecule has 0 bridgehead atoms. The number of Topliss-reactive ketones (excluding diaryl/α,β-unsaturated/α-hetero) is 1. The van der Waals surface area contributed by atoms with Crippen LogP contribution in [0.25, 0.3) is 5.57 Å². The maximum atomic E-state index is 14.9. The lowest BCUT2D eigenvalue weighted by atomic mass is 9.44. The minimum absolute atomic E-state index is 0.109. The van der Waals surface area contributed by atoms with Gasteiger partial charge in [-0.15, -0.1) is 0 Å². The zero-order valence-electron chi connectivity index (χ0n) is 24.6. The number of imide groups is 1. The standard InChI is InChI=1S/C37H30ClNO7/c38-22-11-14-29(40)27(17-22)33-23-12-13-24-32(36(46)39(35(24)45)16-15-31(42)43)26(23)18-28-34(44)25(20-7-3-1-4-8-20)19-30(41)37(28,33)21-9-5-2-6-10-21/h1-12,14,17,19,24,26,28,32-33,40H,13,15-16,18H2,(H,42,43). The maximum Gasteiger partial charge on any atom is 0.305 e. The number of likely N-dealkylation sites (tertiary alicyclic amines) is 1. The fourth-order valence-electron chi connectivity index (χ4n) is 8.47. The predicted octanol–water partition coefficient (Wildman–Crippen LogP) is 5.34.